The van der Waals surface area contributed by atoms with E-state index in [1.54, 1.807) is 0 Å². The third-order valence-electron chi connectivity index (χ3n) is 4.79. The molecule has 0 unspecified atom stereocenters. The maximum absolute atomic E-state index is 6.13. The van der Waals surface area contributed by atoms with Crippen LogP contribution in [0.25, 0.3) is 0 Å². The van der Waals surface area contributed by atoms with Crippen LogP contribution in [0, 0.1) is 0 Å². The van der Waals surface area contributed by atoms with Gasteiger partial charge in [0.15, 0.2) is 0 Å². The van der Waals surface area contributed by atoms with Crippen molar-refractivity contribution in [2.75, 3.05) is 13.2 Å². The number of nitrogens with zero attached hydrogens (tertiary/aromatic N) is 2. The minimum atomic E-state index is -0.318. The molecule has 0 radical (unpaired) electrons. The van der Waals surface area contributed by atoms with Crippen LogP contribution in [0.2, 0.25) is 0 Å². The lowest BCUT2D eigenvalue weighted by molar-refractivity contribution is -0.0636. The fraction of sp³-hybridized carbons (Fsp3) is 0.875. The van der Waals surface area contributed by atoms with E-state index in [9.17, 15) is 0 Å². The van der Waals surface area contributed by atoms with Crippen LogP contribution in [0.15, 0.2) is 4.52 Å². The largest absolute Gasteiger partial charge is 0.367 e. The quantitative estimate of drug-likeness (QED) is 0.861. The van der Waals surface area contributed by atoms with Crippen LogP contribution < -0.4 is 5.32 Å². The van der Waals surface area contributed by atoms with Gasteiger partial charge in [0.1, 0.15) is 5.60 Å². The number of hydrogen-bond acceptors (Lipinski definition) is 5. The van der Waals surface area contributed by atoms with E-state index in [1.807, 2.05) is 0 Å². The van der Waals surface area contributed by atoms with Crippen LogP contribution >= 0.6 is 0 Å². The summed E-state index contributed by atoms with van der Waals surface area (Å²) in [4.78, 5) is 4.72. The highest BCUT2D eigenvalue weighted by molar-refractivity contribution is 5.05. The first-order valence-corrected chi connectivity index (χ1v) is 8.55. The van der Waals surface area contributed by atoms with Gasteiger partial charge in [0.2, 0.25) is 11.7 Å². The zero-order valence-electron chi connectivity index (χ0n) is 13.1. The van der Waals surface area contributed by atoms with Gasteiger partial charge in [0.05, 0.1) is 6.04 Å². The SMILES string of the molecule is CCOC1(c2noc([C@H]3CCCCN3)n2)CCCCCC1. The summed E-state index contributed by atoms with van der Waals surface area (Å²) in [6.07, 6.45) is 10.5. The van der Waals surface area contributed by atoms with Crippen LogP contribution in [-0.2, 0) is 10.3 Å². The molecule has 1 aliphatic heterocycles. The second-order valence-electron chi connectivity index (χ2n) is 6.30. The highest BCUT2D eigenvalue weighted by Crippen LogP contribution is 2.38. The van der Waals surface area contributed by atoms with Gasteiger partial charge < -0.3 is 14.6 Å². The zero-order valence-corrected chi connectivity index (χ0v) is 13.1. The third-order valence-corrected chi connectivity index (χ3v) is 4.79. The van der Waals surface area contributed by atoms with Crippen molar-refractivity contribution in [3.63, 3.8) is 0 Å². The molecule has 21 heavy (non-hydrogen) atoms. The van der Waals surface area contributed by atoms with Crippen molar-refractivity contribution in [2.24, 2.45) is 0 Å². The first kappa shape index (κ1) is 15.0. The molecule has 5 nitrogen and oxygen atoms in total. The standard InChI is InChI=1S/C16H27N3O2/c1-2-20-16(10-6-3-4-7-11-16)15-18-14(21-19-15)13-9-5-8-12-17-13/h13,17H,2-12H2,1H3/t13-/m1/s1. The monoisotopic (exact) mass is 293 g/mol. The second kappa shape index (κ2) is 6.88. The lowest BCUT2D eigenvalue weighted by atomic mass is 9.93. The number of aromatic nitrogens is 2. The Morgan fingerprint density at radius 3 is 2.67 bits per heavy atom. The van der Waals surface area contributed by atoms with Crippen molar-refractivity contribution in [1.29, 1.82) is 0 Å². The topological polar surface area (TPSA) is 60.2 Å². The lowest BCUT2D eigenvalue weighted by Crippen LogP contribution is -2.31. The molecule has 5 heteroatoms. The number of ether oxygens (including phenoxy) is 1. The summed E-state index contributed by atoms with van der Waals surface area (Å²) in [6.45, 7) is 3.79. The summed E-state index contributed by atoms with van der Waals surface area (Å²) in [6, 6.07) is 0.226. The molecule has 1 saturated carbocycles. The molecule has 1 atom stereocenters. The average molecular weight is 293 g/mol. The third kappa shape index (κ3) is 3.29. The molecule has 1 saturated heterocycles. The Bertz CT molecular complexity index is 432. The van der Waals surface area contributed by atoms with Crippen molar-refractivity contribution >= 4 is 0 Å². The molecular formula is C16H27N3O2. The Kier molecular flexibility index (Phi) is 4.91. The summed E-state index contributed by atoms with van der Waals surface area (Å²) in [5.74, 6) is 1.52. The van der Waals surface area contributed by atoms with Gasteiger partial charge in [-0.3, -0.25) is 0 Å². The van der Waals surface area contributed by atoms with E-state index in [1.165, 1.54) is 38.5 Å². The van der Waals surface area contributed by atoms with E-state index in [0.717, 1.165) is 37.5 Å². The Labute approximate surface area is 126 Å². The van der Waals surface area contributed by atoms with Crippen molar-refractivity contribution < 1.29 is 9.26 Å². The zero-order chi connectivity index (χ0) is 14.5. The highest BCUT2D eigenvalue weighted by atomic mass is 16.5. The maximum Gasteiger partial charge on any atom is 0.243 e. The Balaban J connectivity index is 1.80. The summed E-state index contributed by atoms with van der Waals surface area (Å²) in [5.41, 5.74) is -0.318. The molecule has 2 aliphatic rings. The van der Waals surface area contributed by atoms with E-state index in [0.29, 0.717) is 6.61 Å². The number of hydrogen-bond donors (Lipinski definition) is 1. The summed E-state index contributed by atoms with van der Waals surface area (Å²) < 4.78 is 11.7. The first-order valence-electron chi connectivity index (χ1n) is 8.55. The number of nitrogens with one attached hydrogen (secondary N) is 1. The molecule has 1 aliphatic carbocycles. The molecule has 118 valence electrons. The summed E-state index contributed by atoms with van der Waals surface area (Å²) >= 11 is 0. The van der Waals surface area contributed by atoms with Crippen LogP contribution in [0.4, 0.5) is 0 Å². The minimum Gasteiger partial charge on any atom is -0.367 e. The molecule has 0 bridgehead atoms. The molecule has 2 fully saturated rings. The van der Waals surface area contributed by atoms with Crippen molar-refractivity contribution in [3.05, 3.63) is 11.7 Å². The number of rotatable bonds is 4. The van der Waals surface area contributed by atoms with Crippen LogP contribution in [0.1, 0.15) is 82.5 Å². The molecule has 0 aromatic carbocycles. The molecule has 0 spiro atoms. The predicted octanol–water partition coefficient (Wildman–Crippen LogP) is 3.47. The molecule has 1 N–H and O–H groups in total. The van der Waals surface area contributed by atoms with Crippen LogP contribution in [0.5, 0.6) is 0 Å². The van der Waals surface area contributed by atoms with Gasteiger partial charge in [0, 0.05) is 6.61 Å². The summed E-state index contributed by atoms with van der Waals surface area (Å²) in [5, 5.41) is 7.77. The van der Waals surface area contributed by atoms with Crippen LogP contribution in [0.3, 0.4) is 0 Å². The fourth-order valence-corrected chi connectivity index (χ4v) is 3.63. The smallest absolute Gasteiger partial charge is 0.243 e. The van der Waals surface area contributed by atoms with Crippen LogP contribution in [-0.4, -0.2) is 23.3 Å². The van der Waals surface area contributed by atoms with Gasteiger partial charge in [-0.15, -0.1) is 0 Å². The van der Waals surface area contributed by atoms with E-state index < -0.39 is 0 Å². The minimum absolute atomic E-state index is 0.226. The second-order valence-corrected chi connectivity index (χ2v) is 6.30. The molecule has 2 heterocycles. The molecule has 1 aromatic heterocycles. The Hall–Kier alpha value is -0.940. The van der Waals surface area contributed by atoms with Gasteiger partial charge in [-0.1, -0.05) is 37.3 Å². The van der Waals surface area contributed by atoms with E-state index in [4.69, 9.17) is 14.2 Å². The Morgan fingerprint density at radius 1 is 1.19 bits per heavy atom. The van der Waals surface area contributed by atoms with Crippen molar-refractivity contribution in [1.82, 2.24) is 15.5 Å². The molecule has 1 aromatic rings. The number of piperidine rings is 1. The molecular weight excluding hydrogens is 266 g/mol. The van der Waals surface area contributed by atoms with Gasteiger partial charge in [-0.25, -0.2) is 0 Å². The average Bonchev–Trinajstić information content (AvgIpc) is 2.91. The molecule has 0 amide bonds. The maximum atomic E-state index is 6.13. The summed E-state index contributed by atoms with van der Waals surface area (Å²) in [7, 11) is 0. The van der Waals surface area contributed by atoms with Gasteiger partial charge in [0.25, 0.3) is 0 Å². The predicted molar refractivity (Wildman–Crippen MR) is 79.9 cm³/mol. The molecule has 3 rings (SSSR count). The van der Waals surface area contributed by atoms with E-state index in [-0.39, 0.29) is 11.6 Å². The van der Waals surface area contributed by atoms with Gasteiger partial charge >= 0.3 is 0 Å². The normalized spacial score (nSPS) is 26.4. The first-order chi connectivity index (χ1) is 10.3. The van der Waals surface area contributed by atoms with Gasteiger partial charge in [-0.05, 0) is 39.2 Å². The van der Waals surface area contributed by atoms with Gasteiger partial charge in [-0.2, -0.15) is 4.98 Å². The van der Waals surface area contributed by atoms with E-state index in [2.05, 4.69) is 17.4 Å². The fourth-order valence-electron chi connectivity index (χ4n) is 3.63. The Morgan fingerprint density at radius 2 is 2.00 bits per heavy atom. The van der Waals surface area contributed by atoms with Crippen molar-refractivity contribution in [2.45, 2.75) is 76.4 Å². The lowest BCUT2D eigenvalue weighted by Gasteiger charge is -2.29. The highest BCUT2D eigenvalue weighted by Gasteiger charge is 2.39. The van der Waals surface area contributed by atoms with Crippen molar-refractivity contribution in [3.8, 4) is 0 Å². The van der Waals surface area contributed by atoms with E-state index >= 15 is 0 Å².